The van der Waals surface area contributed by atoms with Crippen molar-refractivity contribution in [2.75, 3.05) is 11.9 Å². The van der Waals surface area contributed by atoms with Crippen molar-refractivity contribution >= 4 is 5.82 Å². The summed E-state index contributed by atoms with van der Waals surface area (Å²) in [5.74, 6) is 1.59. The zero-order valence-corrected chi connectivity index (χ0v) is 11.4. The van der Waals surface area contributed by atoms with Gasteiger partial charge in [0.05, 0.1) is 5.69 Å². The number of aromatic nitrogens is 4. The first kappa shape index (κ1) is 12.1. The molecule has 5 nitrogen and oxygen atoms in total. The normalized spacial score (nSPS) is 16.3. The van der Waals surface area contributed by atoms with E-state index in [2.05, 4.69) is 27.5 Å². The smallest absolute Gasteiger partial charge is 0.175 e. The highest BCUT2D eigenvalue weighted by Crippen LogP contribution is 2.48. The molecule has 0 saturated heterocycles. The van der Waals surface area contributed by atoms with Crippen molar-refractivity contribution in [1.82, 2.24) is 20.0 Å². The topological polar surface area (TPSA) is 55.6 Å². The SMILES string of the molecule is CCC1(CNc2ccc(-n3ccc(C)n3)nn2)CC1. The quantitative estimate of drug-likeness (QED) is 0.894. The summed E-state index contributed by atoms with van der Waals surface area (Å²) in [6, 6.07) is 5.85. The lowest BCUT2D eigenvalue weighted by atomic mass is 10.0. The van der Waals surface area contributed by atoms with Gasteiger partial charge >= 0.3 is 0 Å². The fourth-order valence-electron chi connectivity index (χ4n) is 2.19. The van der Waals surface area contributed by atoms with Crippen LogP contribution in [0.1, 0.15) is 31.9 Å². The monoisotopic (exact) mass is 257 g/mol. The van der Waals surface area contributed by atoms with Gasteiger partial charge < -0.3 is 5.32 Å². The number of rotatable bonds is 5. The number of aryl methyl sites for hydroxylation is 1. The minimum atomic E-state index is 0.513. The number of nitrogens with one attached hydrogen (secondary N) is 1. The largest absolute Gasteiger partial charge is 0.368 e. The molecule has 1 saturated carbocycles. The molecule has 0 spiro atoms. The van der Waals surface area contributed by atoms with Crippen LogP contribution < -0.4 is 5.32 Å². The fourth-order valence-corrected chi connectivity index (χ4v) is 2.19. The highest BCUT2D eigenvalue weighted by Gasteiger charge is 2.40. The fraction of sp³-hybridized carbons (Fsp3) is 0.500. The van der Waals surface area contributed by atoms with E-state index in [4.69, 9.17) is 0 Å². The van der Waals surface area contributed by atoms with Crippen molar-refractivity contribution in [1.29, 1.82) is 0 Å². The molecule has 0 aliphatic heterocycles. The second kappa shape index (κ2) is 4.64. The Morgan fingerprint density at radius 1 is 1.26 bits per heavy atom. The number of anilines is 1. The van der Waals surface area contributed by atoms with Gasteiger partial charge in [0, 0.05) is 12.7 Å². The van der Waals surface area contributed by atoms with Crippen LogP contribution in [0.15, 0.2) is 24.4 Å². The van der Waals surface area contributed by atoms with Crippen molar-refractivity contribution in [3.05, 3.63) is 30.1 Å². The van der Waals surface area contributed by atoms with Gasteiger partial charge in [-0.3, -0.25) is 0 Å². The third-order valence-corrected chi connectivity index (χ3v) is 3.96. The van der Waals surface area contributed by atoms with Crippen molar-refractivity contribution in [2.45, 2.75) is 33.1 Å². The van der Waals surface area contributed by atoms with E-state index in [9.17, 15) is 0 Å². The molecule has 1 N–H and O–H groups in total. The Bertz CT molecular complexity index is 553. The molecule has 2 aromatic rings. The van der Waals surface area contributed by atoms with Crippen LogP contribution in [0.3, 0.4) is 0 Å². The van der Waals surface area contributed by atoms with Crippen molar-refractivity contribution < 1.29 is 0 Å². The molecule has 0 bridgehead atoms. The Morgan fingerprint density at radius 2 is 2.11 bits per heavy atom. The average molecular weight is 257 g/mol. The second-order valence-corrected chi connectivity index (χ2v) is 5.39. The Balaban J connectivity index is 1.65. The van der Waals surface area contributed by atoms with E-state index in [-0.39, 0.29) is 0 Å². The summed E-state index contributed by atoms with van der Waals surface area (Å²) in [6.45, 7) is 5.21. The summed E-state index contributed by atoms with van der Waals surface area (Å²) in [5, 5.41) is 16.1. The molecule has 1 aliphatic carbocycles. The highest BCUT2D eigenvalue weighted by atomic mass is 15.3. The number of hydrogen-bond donors (Lipinski definition) is 1. The molecular weight excluding hydrogens is 238 g/mol. The summed E-state index contributed by atoms with van der Waals surface area (Å²) in [4.78, 5) is 0. The Morgan fingerprint density at radius 3 is 2.63 bits per heavy atom. The first-order valence-corrected chi connectivity index (χ1v) is 6.81. The van der Waals surface area contributed by atoms with Crippen LogP contribution in [-0.4, -0.2) is 26.5 Å². The van der Waals surface area contributed by atoms with Crippen molar-refractivity contribution in [3.8, 4) is 5.82 Å². The Labute approximate surface area is 113 Å². The number of nitrogens with zero attached hydrogens (tertiary/aromatic N) is 4. The van der Waals surface area contributed by atoms with Crippen LogP contribution in [0.4, 0.5) is 5.82 Å². The standard InChI is InChI=1S/C14H19N5/c1-3-14(7-8-14)10-15-12-4-5-13(17-16-12)19-9-6-11(2)18-19/h4-6,9H,3,7-8,10H2,1-2H3,(H,15,16). The van der Waals surface area contributed by atoms with E-state index in [0.717, 1.165) is 23.9 Å². The molecule has 5 heteroatoms. The van der Waals surface area contributed by atoms with Gasteiger partial charge in [-0.1, -0.05) is 6.92 Å². The summed E-state index contributed by atoms with van der Waals surface area (Å²) < 4.78 is 1.74. The third-order valence-electron chi connectivity index (χ3n) is 3.96. The molecule has 2 heterocycles. The van der Waals surface area contributed by atoms with E-state index in [0.29, 0.717) is 5.41 Å². The molecular formula is C14H19N5. The van der Waals surface area contributed by atoms with Crippen LogP contribution >= 0.6 is 0 Å². The Hall–Kier alpha value is -1.91. The molecule has 1 aliphatic rings. The first-order chi connectivity index (χ1) is 9.21. The lowest BCUT2D eigenvalue weighted by molar-refractivity contribution is 0.520. The minimum Gasteiger partial charge on any atom is -0.368 e. The molecule has 1 fully saturated rings. The van der Waals surface area contributed by atoms with Crippen LogP contribution in [0.25, 0.3) is 5.82 Å². The predicted molar refractivity (Wildman–Crippen MR) is 74.3 cm³/mol. The highest BCUT2D eigenvalue weighted by molar-refractivity contribution is 5.36. The molecule has 2 aromatic heterocycles. The zero-order chi connectivity index (χ0) is 13.3. The van der Waals surface area contributed by atoms with Gasteiger partial charge in [-0.25, -0.2) is 4.68 Å². The van der Waals surface area contributed by atoms with Crippen molar-refractivity contribution in [2.24, 2.45) is 5.41 Å². The van der Waals surface area contributed by atoms with Crippen LogP contribution in [0.5, 0.6) is 0 Å². The van der Waals surface area contributed by atoms with Gasteiger partial charge in [-0.2, -0.15) is 5.10 Å². The van der Waals surface area contributed by atoms with Crippen molar-refractivity contribution in [3.63, 3.8) is 0 Å². The zero-order valence-electron chi connectivity index (χ0n) is 11.4. The molecule has 0 radical (unpaired) electrons. The molecule has 0 amide bonds. The number of hydrogen-bond acceptors (Lipinski definition) is 4. The van der Waals surface area contributed by atoms with E-state index in [1.165, 1.54) is 19.3 Å². The maximum absolute atomic E-state index is 4.31. The lowest BCUT2D eigenvalue weighted by Gasteiger charge is -2.13. The molecule has 19 heavy (non-hydrogen) atoms. The van der Waals surface area contributed by atoms with Gasteiger partial charge in [0.15, 0.2) is 5.82 Å². The summed E-state index contributed by atoms with van der Waals surface area (Å²) in [5.41, 5.74) is 1.49. The van der Waals surface area contributed by atoms with Crippen LogP contribution in [0.2, 0.25) is 0 Å². The van der Waals surface area contributed by atoms with Gasteiger partial charge in [0.1, 0.15) is 5.82 Å². The first-order valence-electron chi connectivity index (χ1n) is 6.81. The van der Waals surface area contributed by atoms with E-state index < -0.39 is 0 Å². The average Bonchev–Trinajstić information content (AvgIpc) is 3.11. The van der Waals surface area contributed by atoms with Gasteiger partial charge in [-0.05, 0) is 49.8 Å². The second-order valence-electron chi connectivity index (χ2n) is 5.39. The molecule has 100 valence electrons. The maximum atomic E-state index is 4.31. The van der Waals surface area contributed by atoms with E-state index in [1.54, 1.807) is 4.68 Å². The van der Waals surface area contributed by atoms with Gasteiger partial charge in [-0.15, -0.1) is 10.2 Å². The van der Waals surface area contributed by atoms with E-state index in [1.807, 2.05) is 31.3 Å². The predicted octanol–water partition coefficient (Wildman–Crippen LogP) is 2.57. The maximum Gasteiger partial charge on any atom is 0.175 e. The lowest BCUT2D eigenvalue weighted by Crippen LogP contribution is -2.15. The third kappa shape index (κ3) is 2.59. The summed E-state index contributed by atoms with van der Waals surface area (Å²) in [6.07, 6.45) is 5.78. The van der Waals surface area contributed by atoms with Gasteiger partial charge in [0.2, 0.25) is 0 Å². The molecule has 0 aromatic carbocycles. The van der Waals surface area contributed by atoms with Gasteiger partial charge in [0.25, 0.3) is 0 Å². The molecule has 0 unspecified atom stereocenters. The minimum absolute atomic E-state index is 0.513. The Kier molecular flexibility index (Phi) is 2.97. The summed E-state index contributed by atoms with van der Waals surface area (Å²) >= 11 is 0. The summed E-state index contributed by atoms with van der Waals surface area (Å²) in [7, 11) is 0. The molecule has 3 rings (SSSR count). The molecule has 0 atom stereocenters. The van der Waals surface area contributed by atoms with E-state index >= 15 is 0 Å². The van der Waals surface area contributed by atoms with Crippen LogP contribution in [-0.2, 0) is 0 Å². The van der Waals surface area contributed by atoms with Crippen LogP contribution in [0, 0.1) is 12.3 Å².